The van der Waals surface area contributed by atoms with Crippen molar-refractivity contribution in [2.45, 2.75) is 27.2 Å². The summed E-state index contributed by atoms with van der Waals surface area (Å²) in [4.78, 5) is 14.1. The van der Waals surface area contributed by atoms with E-state index in [1.165, 1.54) is 16.7 Å². The van der Waals surface area contributed by atoms with E-state index in [0.29, 0.717) is 6.42 Å². The minimum Gasteiger partial charge on any atom is -0.280 e. The Balaban J connectivity index is 2.13. The third-order valence-electron chi connectivity index (χ3n) is 3.82. The van der Waals surface area contributed by atoms with Gasteiger partial charge in [0.2, 0.25) is 5.91 Å². The maximum atomic E-state index is 12.3. The van der Waals surface area contributed by atoms with Crippen LogP contribution in [0.2, 0.25) is 0 Å². The number of hydrogen-bond donors (Lipinski definition) is 0. The van der Waals surface area contributed by atoms with Gasteiger partial charge >= 0.3 is 0 Å². The van der Waals surface area contributed by atoms with Crippen molar-refractivity contribution >= 4 is 17.3 Å². The molecule has 19 heavy (non-hydrogen) atoms. The molecule has 1 aliphatic rings. The van der Waals surface area contributed by atoms with Gasteiger partial charge in [-0.05, 0) is 61.2 Å². The van der Waals surface area contributed by atoms with Gasteiger partial charge in [-0.2, -0.15) is 0 Å². The van der Waals surface area contributed by atoms with Crippen molar-refractivity contribution in [3.05, 3.63) is 58.7 Å². The third kappa shape index (κ3) is 1.93. The normalized spacial score (nSPS) is 13.8. The average Bonchev–Trinajstić information content (AvgIpc) is 2.68. The van der Waals surface area contributed by atoms with Gasteiger partial charge in [0.05, 0.1) is 12.1 Å². The molecule has 0 saturated carbocycles. The maximum Gasteiger partial charge on any atom is 0.236 e. The zero-order valence-corrected chi connectivity index (χ0v) is 11.5. The molecule has 0 spiro atoms. The Kier molecular flexibility index (Phi) is 2.67. The summed E-state index contributed by atoms with van der Waals surface area (Å²) in [5, 5.41) is 0. The standard InChI is InChI=1S/C17H17NO/c1-11-4-6-14-10-17(19)18(16(14)8-11)15-7-5-12(2)13(3)9-15/h4-9H,10H2,1-3H3. The Morgan fingerprint density at radius 2 is 1.74 bits per heavy atom. The highest BCUT2D eigenvalue weighted by Crippen LogP contribution is 2.36. The van der Waals surface area contributed by atoms with Crippen molar-refractivity contribution in [2.24, 2.45) is 0 Å². The van der Waals surface area contributed by atoms with E-state index >= 15 is 0 Å². The number of amides is 1. The molecule has 0 aromatic heterocycles. The van der Waals surface area contributed by atoms with Gasteiger partial charge in [0.1, 0.15) is 0 Å². The Morgan fingerprint density at radius 3 is 2.47 bits per heavy atom. The predicted molar refractivity (Wildman–Crippen MR) is 77.9 cm³/mol. The van der Waals surface area contributed by atoms with E-state index in [4.69, 9.17) is 0 Å². The van der Waals surface area contributed by atoms with Crippen molar-refractivity contribution < 1.29 is 4.79 Å². The van der Waals surface area contributed by atoms with Crippen molar-refractivity contribution in [3.63, 3.8) is 0 Å². The molecule has 0 fully saturated rings. The summed E-state index contributed by atoms with van der Waals surface area (Å²) in [5.41, 5.74) is 6.77. The molecule has 0 unspecified atom stereocenters. The van der Waals surface area contributed by atoms with E-state index in [-0.39, 0.29) is 5.91 Å². The van der Waals surface area contributed by atoms with Gasteiger partial charge < -0.3 is 0 Å². The molecular formula is C17H17NO. The van der Waals surface area contributed by atoms with Crippen LogP contribution in [0.25, 0.3) is 0 Å². The van der Waals surface area contributed by atoms with Crippen LogP contribution in [0, 0.1) is 20.8 Å². The van der Waals surface area contributed by atoms with Crippen LogP contribution >= 0.6 is 0 Å². The fraction of sp³-hybridized carbons (Fsp3) is 0.235. The summed E-state index contributed by atoms with van der Waals surface area (Å²) < 4.78 is 0. The highest BCUT2D eigenvalue weighted by atomic mass is 16.2. The molecule has 0 aliphatic carbocycles. The second-order valence-electron chi connectivity index (χ2n) is 5.31. The topological polar surface area (TPSA) is 20.3 Å². The van der Waals surface area contributed by atoms with E-state index in [9.17, 15) is 4.79 Å². The summed E-state index contributed by atoms with van der Waals surface area (Å²) in [7, 11) is 0. The van der Waals surface area contributed by atoms with Crippen LogP contribution in [0.1, 0.15) is 22.3 Å². The summed E-state index contributed by atoms with van der Waals surface area (Å²) in [5.74, 6) is 0.156. The minimum absolute atomic E-state index is 0.156. The molecule has 96 valence electrons. The van der Waals surface area contributed by atoms with Crippen molar-refractivity contribution in [1.29, 1.82) is 0 Å². The molecule has 0 atom stereocenters. The van der Waals surface area contributed by atoms with Gasteiger partial charge in [-0.15, -0.1) is 0 Å². The number of anilines is 2. The average molecular weight is 251 g/mol. The molecule has 0 bridgehead atoms. The fourth-order valence-corrected chi connectivity index (χ4v) is 2.56. The van der Waals surface area contributed by atoms with Crippen LogP contribution in [0.4, 0.5) is 11.4 Å². The molecule has 0 N–H and O–H groups in total. The molecule has 2 aromatic carbocycles. The first-order valence-electron chi connectivity index (χ1n) is 6.56. The lowest BCUT2D eigenvalue weighted by Crippen LogP contribution is -2.20. The first-order chi connectivity index (χ1) is 9.06. The molecule has 1 aliphatic heterocycles. The molecule has 2 heteroatoms. The third-order valence-corrected chi connectivity index (χ3v) is 3.82. The van der Waals surface area contributed by atoms with Crippen LogP contribution in [0.5, 0.6) is 0 Å². The summed E-state index contributed by atoms with van der Waals surface area (Å²) in [6.45, 7) is 6.22. The quantitative estimate of drug-likeness (QED) is 0.754. The molecule has 2 aromatic rings. The molecule has 1 heterocycles. The van der Waals surface area contributed by atoms with E-state index in [1.807, 2.05) is 11.0 Å². The van der Waals surface area contributed by atoms with Gasteiger partial charge in [0.25, 0.3) is 0 Å². The second-order valence-corrected chi connectivity index (χ2v) is 5.31. The first-order valence-corrected chi connectivity index (χ1v) is 6.56. The predicted octanol–water partition coefficient (Wildman–Crippen LogP) is 3.83. The number of nitrogens with zero attached hydrogens (tertiary/aromatic N) is 1. The largest absolute Gasteiger partial charge is 0.280 e. The molecule has 0 radical (unpaired) electrons. The van der Waals surface area contributed by atoms with Gasteiger partial charge in [-0.3, -0.25) is 9.69 Å². The Morgan fingerprint density at radius 1 is 0.947 bits per heavy atom. The van der Waals surface area contributed by atoms with E-state index in [2.05, 4.69) is 51.1 Å². The maximum absolute atomic E-state index is 12.3. The van der Waals surface area contributed by atoms with E-state index in [0.717, 1.165) is 16.9 Å². The number of hydrogen-bond acceptors (Lipinski definition) is 1. The monoisotopic (exact) mass is 251 g/mol. The van der Waals surface area contributed by atoms with E-state index < -0.39 is 0 Å². The molecule has 3 rings (SSSR count). The minimum atomic E-state index is 0.156. The number of aryl methyl sites for hydroxylation is 3. The molecule has 1 amide bonds. The van der Waals surface area contributed by atoms with Crippen molar-refractivity contribution in [1.82, 2.24) is 0 Å². The fourth-order valence-electron chi connectivity index (χ4n) is 2.56. The van der Waals surface area contributed by atoms with Crippen molar-refractivity contribution in [3.8, 4) is 0 Å². The van der Waals surface area contributed by atoms with Crippen LogP contribution in [0.3, 0.4) is 0 Å². The number of fused-ring (bicyclic) bond motifs is 1. The molecule has 2 nitrogen and oxygen atoms in total. The summed E-state index contributed by atoms with van der Waals surface area (Å²) in [6, 6.07) is 12.4. The Bertz CT molecular complexity index is 673. The Hall–Kier alpha value is -2.09. The smallest absolute Gasteiger partial charge is 0.236 e. The Labute approximate surface area is 113 Å². The van der Waals surface area contributed by atoms with Crippen molar-refractivity contribution in [2.75, 3.05) is 4.90 Å². The lowest BCUT2D eigenvalue weighted by Gasteiger charge is -2.19. The van der Waals surface area contributed by atoms with Crippen LogP contribution in [-0.2, 0) is 11.2 Å². The number of carbonyl (C=O) groups excluding carboxylic acids is 1. The number of carbonyl (C=O) groups is 1. The lowest BCUT2D eigenvalue weighted by molar-refractivity contribution is -0.116. The zero-order valence-electron chi connectivity index (χ0n) is 11.5. The van der Waals surface area contributed by atoms with Crippen LogP contribution < -0.4 is 4.90 Å². The summed E-state index contributed by atoms with van der Waals surface area (Å²) >= 11 is 0. The molecule has 0 saturated heterocycles. The van der Waals surface area contributed by atoms with Gasteiger partial charge in [-0.1, -0.05) is 18.2 Å². The summed E-state index contributed by atoms with van der Waals surface area (Å²) in [6.07, 6.45) is 0.503. The number of benzene rings is 2. The highest BCUT2D eigenvalue weighted by molar-refractivity contribution is 6.07. The van der Waals surface area contributed by atoms with E-state index in [1.54, 1.807) is 0 Å². The SMILES string of the molecule is Cc1ccc2c(c1)N(c1ccc(C)c(C)c1)C(=O)C2. The van der Waals surface area contributed by atoms with Gasteiger partial charge in [0, 0.05) is 5.69 Å². The highest BCUT2D eigenvalue weighted by Gasteiger charge is 2.28. The van der Waals surface area contributed by atoms with Crippen LogP contribution in [0.15, 0.2) is 36.4 Å². The first kappa shape index (κ1) is 12.0. The second kappa shape index (κ2) is 4.23. The van der Waals surface area contributed by atoms with Crippen LogP contribution in [-0.4, -0.2) is 5.91 Å². The lowest BCUT2D eigenvalue weighted by atomic mass is 10.1. The zero-order chi connectivity index (χ0) is 13.6. The number of rotatable bonds is 1. The van der Waals surface area contributed by atoms with Gasteiger partial charge in [-0.25, -0.2) is 0 Å². The molecular weight excluding hydrogens is 234 g/mol. The van der Waals surface area contributed by atoms with Gasteiger partial charge in [0.15, 0.2) is 0 Å².